The summed E-state index contributed by atoms with van der Waals surface area (Å²) in [5.41, 5.74) is -0.412. The van der Waals surface area contributed by atoms with Gasteiger partial charge in [0.25, 0.3) is 0 Å². The van der Waals surface area contributed by atoms with Gasteiger partial charge in [-0.25, -0.2) is 12.8 Å². The maximum atomic E-state index is 14.1. The molecule has 2 aliphatic rings. The van der Waals surface area contributed by atoms with Gasteiger partial charge in [-0.2, -0.15) is 0 Å². The Morgan fingerprint density at radius 1 is 1.09 bits per heavy atom. The Balaban J connectivity index is 1.60. The first kappa shape index (κ1) is 16.9. The smallest absolute Gasteiger partial charge is 0.150 e. The number of aliphatic hydroxyl groups is 1. The van der Waals surface area contributed by atoms with Crippen LogP contribution in [0.5, 0.6) is 0 Å². The Morgan fingerprint density at radius 3 is 2.30 bits per heavy atom. The zero-order chi connectivity index (χ0) is 16.6. The van der Waals surface area contributed by atoms with E-state index in [-0.39, 0.29) is 35.6 Å². The molecular formula is C17H24FNO3S. The molecule has 1 saturated heterocycles. The minimum Gasteiger partial charge on any atom is -0.388 e. The number of hydrogen-bond acceptors (Lipinski definition) is 4. The van der Waals surface area contributed by atoms with Crippen LogP contribution in [0.1, 0.15) is 37.7 Å². The molecule has 1 aromatic carbocycles. The zero-order valence-electron chi connectivity index (χ0n) is 13.2. The minimum atomic E-state index is -2.99. The van der Waals surface area contributed by atoms with Gasteiger partial charge in [0.2, 0.25) is 0 Å². The molecule has 2 fully saturated rings. The van der Waals surface area contributed by atoms with Crippen LogP contribution < -0.4 is 5.32 Å². The normalized spacial score (nSPS) is 24.8. The van der Waals surface area contributed by atoms with Crippen LogP contribution in [-0.4, -0.2) is 43.7 Å². The van der Waals surface area contributed by atoms with Crippen molar-refractivity contribution in [3.05, 3.63) is 35.6 Å². The third kappa shape index (κ3) is 3.59. The van der Waals surface area contributed by atoms with Crippen LogP contribution in [0.15, 0.2) is 24.3 Å². The number of rotatable bonds is 5. The number of benzene rings is 1. The molecule has 128 valence electrons. The summed E-state index contributed by atoms with van der Waals surface area (Å²) < 4.78 is 37.1. The van der Waals surface area contributed by atoms with Crippen molar-refractivity contribution < 1.29 is 17.9 Å². The van der Waals surface area contributed by atoms with Gasteiger partial charge in [-0.15, -0.1) is 0 Å². The lowest BCUT2D eigenvalue weighted by Gasteiger charge is -2.44. The van der Waals surface area contributed by atoms with Gasteiger partial charge >= 0.3 is 0 Å². The molecule has 1 aliphatic heterocycles. The van der Waals surface area contributed by atoms with Crippen molar-refractivity contribution in [3.63, 3.8) is 0 Å². The maximum absolute atomic E-state index is 14.1. The van der Waals surface area contributed by atoms with E-state index in [0.29, 0.717) is 13.1 Å². The van der Waals surface area contributed by atoms with Crippen molar-refractivity contribution >= 4 is 9.84 Å². The van der Waals surface area contributed by atoms with Gasteiger partial charge in [0.05, 0.1) is 17.1 Å². The molecule has 1 heterocycles. The molecule has 23 heavy (non-hydrogen) atoms. The van der Waals surface area contributed by atoms with Crippen LogP contribution in [0.3, 0.4) is 0 Å². The Kier molecular flexibility index (Phi) is 4.51. The van der Waals surface area contributed by atoms with Crippen molar-refractivity contribution in [1.82, 2.24) is 5.32 Å². The van der Waals surface area contributed by atoms with Gasteiger partial charge in [-0.3, -0.25) is 0 Å². The predicted molar refractivity (Wildman–Crippen MR) is 87.6 cm³/mol. The average molecular weight is 341 g/mol. The van der Waals surface area contributed by atoms with Gasteiger partial charge in [-0.05, 0) is 37.3 Å². The molecule has 2 N–H and O–H groups in total. The van der Waals surface area contributed by atoms with E-state index < -0.39 is 15.4 Å². The lowest BCUT2D eigenvalue weighted by atomic mass is 9.64. The van der Waals surface area contributed by atoms with Crippen LogP contribution in [0.25, 0.3) is 0 Å². The summed E-state index contributed by atoms with van der Waals surface area (Å²) in [6.07, 6.45) is 3.50. The number of hydrogen-bond donors (Lipinski definition) is 2. The van der Waals surface area contributed by atoms with E-state index in [2.05, 4.69) is 5.32 Å². The fourth-order valence-electron chi connectivity index (χ4n) is 3.67. The second kappa shape index (κ2) is 6.15. The maximum Gasteiger partial charge on any atom is 0.150 e. The average Bonchev–Trinajstić information content (AvgIpc) is 2.47. The summed E-state index contributed by atoms with van der Waals surface area (Å²) in [7, 11) is -2.99. The summed E-state index contributed by atoms with van der Waals surface area (Å²) in [6, 6.07) is 6.90. The van der Waals surface area contributed by atoms with E-state index in [9.17, 15) is 17.9 Å². The summed E-state index contributed by atoms with van der Waals surface area (Å²) in [5.74, 6) is -0.0794. The Hall–Kier alpha value is -0.980. The Labute approximate surface area is 137 Å². The molecule has 3 rings (SSSR count). The SMILES string of the molecule is O=S1(=O)CCC(O)(CNCC2(c3ccccc3F)CCC2)CC1. The van der Waals surface area contributed by atoms with Crippen LogP contribution in [0, 0.1) is 5.82 Å². The van der Waals surface area contributed by atoms with Crippen molar-refractivity contribution in [2.75, 3.05) is 24.6 Å². The van der Waals surface area contributed by atoms with Gasteiger partial charge in [0.15, 0.2) is 9.84 Å². The van der Waals surface area contributed by atoms with Gasteiger partial charge < -0.3 is 10.4 Å². The highest BCUT2D eigenvalue weighted by Gasteiger charge is 2.41. The summed E-state index contributed by atoms with van der Waals surface area (Å²) in [6.45, 7) is 0.974. The number of sulfone groups is 1. The van der Waals surface area contributed by atoms with Crippen LogP contribution in [0.2, 0.25) is 0 Å². The van der Waals surface area contributed by atoms with E-state index in [1.807, 2.05) is 12.1 Å². The van der Waals surface area contributed by atoms with E-state index in [1.165, 1.54) is 6.07 Å². The molecule has 0 amide bonds. The fourth-order valence-corrected chi connectivity index (χ4v) is 5.25. The lowest BCUT2D eigenvalue weighted by Crippen LogP contribution is -2.51. The second-order valence-electron chi connectivity index (χ2n) is 7.09. The summed E-state index contributed by atoms with van der Waals surface area (Å²) in [4.78, 5) is 0. The summed E-state index contributed by atoms with van der Waals surface area (Å²) >= 11 is 0. The highest BCUT2D eigenvalue weighted by Crippen LogP contribution is 2.44. The lowest BCUT2D eigenvalue weighted by molar-refractivity contribution is 0.0278. The topological polar surface area (TPSA) is 66.4 Å². The first-order valence-corrected chi connectivity index (χ1v) is 10.1. The van der Waals surface area contributed by atoms with Gasteiger partial charge in [0, 0.05) is 18.5 Å². The standard InChI is InChI=1S/C17H24FNO3S/c18-15-5-2-1-4-14(15)16(6-3-7-16)12-19-13-17(20)8-10-23(21,22)11-9-17/h1-2,4-5,19-20H,3,6-13H2. The van der Waals surface area contributed by atoms with Crippen molar-refractivity contribution in [2.24, 2.45) is 0 Å². The molecule has 0 spiro atoms. The molecule has 6 heteroatoms. The predicted octanol–water partition coefficient (Wildman–Crippen LogP) is 1.78. The molecule has 0 radical (unpaired) electrons. The molecule has 0 bridgehead atoms. The third-order valence-corrected chi connectivity index (χ3v) is 7.08. The molecule has 1 aliphatic carbocycles. The summed E-state index contributed by atoms with van der Waals surface area (Å²) in [5, 5.41) is 13.8. The van der Waals surface area contributed by atoms with Crippen molar-refractivity contribution in [3.8, 4) is 0 Å². The quantitative estimate of drug-likeness (QED) is 0.857. The molecule has 1 aromatic rings. The first-order chi connectivity index (χ1) is 10.8. The first-order valence-electron chi connectivity index (χ1n) is 8.23. The molecule has 1 saturated carbocycles. The largest absolute Gasteiger partial charge is 0.388 e. The van der Waals surface area contributed by atoms with E-state index in [4.69, 9.17) is 0 Å². The van der Waals surface area contributed by atoms with Crippen LogP contribution >= 0.6 is 0 Å². The molecule has 0 unspecified atom stereocenters. The molecule has 0 aromatic heterocycles. The highest BCUT2D eigenvalue weighted by atomic mass is 32.2. The minimum absolute atomic E-state index is 0.0453. The monoisotopic (exact) mass is 341 g/mol. The van der Waals surface area contributed by atoms with Crippen LogP contribution in [-0.2, 0) is 15.3 Å². The van der Waals surface area contributed by atoms with Crippen molar-refractivity contribution in [1.29, 1.82) is 0 Å². The molecule has 0 atom stereocenters. The Morgan fingerprint density at radius 2 is 1.74 bits per heavy atom. The highest BCUT2D eigenvalue weighted by molar-refractivity contribution is 7.91. The number of nitrogens with one attached hydrogen (secondary N) is 1. The number of halogens is 1. The Bertz CT molecular complexity index is 656. The second-order valence-corrected chi connectivity index (χ2v) is 9.40. The van der Waals surface area contributed by atoms with E-state index in [1.54, 1.807) is 6.07 Å². The van der Waals surface area contributed by atoms with E-state index in [0.717, 1.165) is 24.8 Å². The molecular weight excluding hydrogens is 317 g/mol. The van der Waals surface area contributed by atoms with Crippen LogP contribution in [0.4, 0.5) is 4.39 Å². The molecule has 4 nitrogen and oxygen atoms in total. The van der Waals surface area contributed by atoms with Crippen molar-refractivity contribution in [2.45, 2.75) is 43.1 Å². The van der Waals surface area contributed by atoms with Gasteiger partial charge in [0.1, 0.15) is 5.82 Å². The van der Waals surface area contributed by atoms with E-state index >= 15 is 0 Å². The fraction of sp³-hybridized carbons (Fsp3) is 0.647. The van der Waals surface area contributed by atoms with Gasteiger partial charge in [-0.1, -0.05) is 24.6 Å². The zero-order valence-corrected chi connectivity index (χ0v) is 14.0. The third-order valence-electron chi connectivity index (χ3n) is 5.43.